The second-order valence-electron chi connectivity index (χ2n) is 11.0. The smallest absolute Gasteiger partial charge is 0.261 e. The van der Waals surface area contributed by atoms with Crippen molar-refractivity contribution in [1.82, 2.24) is 14.3 Å². The Hall–Kier alpha value is -1.53. The van der Waals surface area contributed by atoms with E-state index in [0.717, 1.165) is 48.1 Å². The molecule has 2 heterocycles. The Morgan fingerprint density at radius 1 is 1.16 bits per heavy atom. The summed E-state index contributed by atoms with van der Waals surface area (Å²) in [6, 6.07) is 4.18. The average molecular weight is 442 g/mol. The zero-order chi connectivity index (χ0) is 22.0. The fourth-order valence-electron chi connectivity index (χ4n) is 5.51. The number of nitrogens with zero attached hydrogens (tertiary/aromatic N) is 2. The van der Waals surface area contributed by atoms with Crippen LogP contribution in [0.2, 0.25) is 0 Å². The maximum absolute atomic E-state index is 13.6. The summed E-state index contributed by atoms with van der Waals surface area (Å²) in [4.78, 5) is 18.9. The van der Waals surface area contributed by atoms with E-state index in [1.165, 1.54) is 37.7 Å². The van der Waals surface area contributed by atoms with Crippen molar-refractivity contribution in [2.45, 2.75) is 108 Å². The molecular weight excluding hydrogens is 406 g/mol. The summed E-state index contributed by atoms with van der Waals surface area (Å²) in [7, 11) is -1.19. The van der Waals surface area contributed by atoms with Gasteiger partial charge in [0.25, 0.3) is 5.56 Å². The van der Waals surface area contributed by atoms with Crippen molar-refractivity contribution in [2.75, 3.05) is 0 Å². The van der Waals surface area contributed by atoms with Crippen molar-refractivity contribution in [3.63, 3.8) is 0 Å². The highest BCUT2D eigenvalue weighted by Gasteiger charge is 2.42. The van der Waals surface area contributed by atoms with Crippen molar-refractivity contribution in [2.24, 2.45) is 0 Å². The quantitative estimate of drug-likeness (QED) is 0.727. The number of hydrogen-bond acceptors (Lipinski definition) is 3. The van der Waals surface area contributed by atoms with Crippen molar-refractivity contribution in [1.29, 1.82) is 0 Å². The third-order valence-corrected chi connectivity index (χ3v) is 9.24. The highest BCUT2D eigenvalue weighted by Crippen LogP contribution is 2.46. The van der Waals surface area contributed by atoms with Gasteiger partial charge in [-0.25, -0.2) is 13.9 Å². The molecule has 0 unspecified atom stereocenters. The molecule has 2 aromatic rings. The van der Waals surface area contributed by atoms with Gasteiger partial charge in [-0.05, 0) is 82.9 Å². The van der Waals surface area contributed by atoms with E-state index in [4.69, 9.17) is 4.98 Å². The van der Waals surface area contributed by atoms with Crippen LogP contribution < -0.4 is 10.3 Å². The van der Waals surface area contributed by atoms with Crippen LogP contribution in [0.3, 0.4) is 0 Å². The summed E-state index contributed by atoms with van der Waals surface area (Å²) in [5.74, 6) is 1.56. The maximum Gasteiger partial charge on any atom is 0.261 e. The first-order valence-electron chi connectivity index (χ1n) is 12.0. The van der Waals surface area contributed by atoms with E-state index in [-0.39, 0.29) is 21.8 Å². The maximum atomic E-state index is 13.6. The van der Waals surface area contributed by atoms with Gasteiger partial charge in [-0.2, -0.15) is 0 Å². The van der Waals surface area contributed by atoms with Gasteiger partial charge in [-0.1, -0.05) is 25.3 Å². The highest BCUT2D eigenvalue weighted by molar-refractivity contribution is 7.84. The van der Waals surface area contributed by atoms with Crippen LogP contribution in [0, 0.1) is 0 Å². The number of nitrogens with one attached hydrogen (secondary N) is 1. The molecule has 2 atom stereocenters. The van der Waals surface area contributed by atoms with E-state index in [2.05, 4.69) is 23.8 Å². The summed E-state index contributed by atoms with van der Waals surface area (Å²) in [6.45, 7) is 8.78. The standard InChI is InChI=1S/C25H35N3O2S/c1-16(27-31(30)24(2,3)4)19-14-18(17-8-9-17)15-20-21(19)26-23-25(10-6-5-7-11-25)12-13-28(23)22(20)29/h14-17,27H,5-13H2,1-4H3/t16-,31-/m1/s1. The second kappa shape index (κ2) is 7.51. The lowest BCUT2D eigenvalue weighted by molar-refractivity contribution is 0.286. The molecular formula is C25H35N3O2S. The topological polar surface area (TPSA) is 64.0 Å². The van der Waals surface area contributed by atoms with Gasteiger partial charge in [-0.3, -0.25) is 9.36 Å². The number of fused-ring (bicyclic) bond motifs is 3. The first kappa shape index (κ1) is 21.3. The van der Waals surface area contributed by atoms with E-state index in [1.807, 2.05) is 25.3 Å². The van der Waals surface area contributed by atoms with E-state index in [9.17, 15) is 9.00 Å². The third kappa shape index (κ3) is 3.70. The SMILES string of the molecule is C[C@@H](N[S@](=O)C(C)(C)C)c1cc(C2CC2)cc2c(=O)n3c(nc12)C1(CCCCC1)CC3. The lowest BCUT2D eigenvalue weighted by Crippen LogP contribution is -2.35. The van der Waals surface area contributed by atoms with Gasteiger partial charge in [0.1, 0.15) is 5.82 Å². The van der Waals surface area contributed by atoms with E-state index < -0.39 is 11.0 Å². The van der Waals surface area contributed by atoms with Gasteiger partial charge in [0.15, 0.2) is 0 Å². The Labute approximate surface area is 187 Å². The van der Waals surface area contributed by atoms with Gasteiger partial charge < -0.3 is 0 Å². The van der Waals surface area contributed by atoms with Gasteiger partial charge in [0.05, 0.1) is 26.6 Å². The Kier molecular flexibility index (Phi) is 5.17. The Balaban J connectivity index is 1.67. The van der Waals surface area contributed by atoms with Crippen molar-refractivity contribution in [3.8, 4) is 0 Å². The molecule has 1 aromatic carbocycles. The summed E-state index contributed by atoms with van der Waals surface area (Å²) in [6.07, 6.45) is 9.43. The number of benzene rings is 1. The molecule has 1 N–H and O–H groups in total. The molecule has 2 fully saturated rings. The van der Waals surface area contributed by atoms with Crippen molar-refractivity contribution < 1.29 is 4.21 Å². The van der Waals surface area contributed by atoms with Crippen molar-refractivity contribution in [3.05, 3.63) is 39.4 Å². The minimum atomic E-state index is -1.19. The molecule has 3 aliphatic rings. The van der Waals surface area contributed by atoms with Crippen LogP contribution in [-0.4, -0.2) is 18.5 Å². The second-order valence-corrected chi connectivity index (χ2v) is 13.0. The van der Waals surface area contributed by atoms with E-state index >= 15 is 0 Å². The Morgan fingerprint density at radius 3 is 2.52 bits per heavy atom. The van der Waals surface area contributed by atoms with Crippen LogP contribution in [-0.2, 0) is 22.9 Å². The molecule has 0 radical (unpaired) electrons. The van der Waals surface area contributed by atoms with Gasteiger partial charge >= 0.3 is 0 Å². The minimum Gasteiger partial charge on any atom is -0.296 e. The Morgan fingerprint density at radius 2 is 1.87 bits per heavy atom. The Bertz CT molecular complexity index is 1100. The van der Waals surface area contributed by atoms with E-state index in [1.54, 1.807) is 0 Å². The first-order chi connectivity index (χ1) is 14.7. The van der Waals surface area contributed by atoms with Crippen LogP contribution >= 0.6 is 0 Å². The summed E-state index contributed by atoms with van der Waals surface area (Å²) >= 11 is 0. The summed E-state index contributed by atoms with van der Waals surface area (Å²) in [5, 5.41) is 0.742. The normalized spacial score (nSPS) is 22.6. The van der Waals surface area contributed by atoms with Gasteiger partial charge in [0.2, 0.25) is 0 Å². The third-order valence-electron chi connectivity index (χ3n) is 7.56. The fraction of sp³-hybridized carbons (Fsp3) is 0.680. The molecule has 6 heteroatoms. The minimum absolute atomic E-state index is 0.0724. The molecule has 1 aliphatic heterocycles. The number of rotatable bonds is 4. The fourth-order valence-corrected chi connectivity index (χ4v) is 6.31. The van der Waals surface area contributed by atoms with Crippen LogP contribution in [0.25, 0.3) is 10.9 Å². The van der Waals surface area contributed by atoms with Gasteiger partial charge in [-0.15, -0.1) is 0 Å². The molecule has 2 aliphatic carbocycles. The van der Waals surface area contributed by atoms with E-state index in [0.29, 0.717) is 5.92 Å². The molecule has 5 rings (SSSR count). The average Bonchev–Trinajstić information content (AvgIpc) is 3.52. The molecule has 168 valence electrons. The first-order valence-corrected chi connectivity index (χ1v) is 13.1. The largest absolute Gasteiger partial charge is 0.296 e. The monoisotopic (exact) mass is 441 g/mol. The molecule has 1 spiro atoms. The molecule has 2 saturated carbocycles. The van der Waals surface area contributed by atoms with Crippen LogP contribution in [0.15, 0.2) is 16.9 Å². The lowest BCUT2D eigenvalue weighted by Gasteiger charge is -2.32. The summed E-state index contributed by atoms with van der Waals surface area (Å²) in [5.41, 5.74) is 3.27. The number of hydrogen-bond donors (Lipinski definition) is 1. The zero-order valence-corrected chi connectivity index (χ0v) is 20.1. The summed E-state index contributed by atoms with van der Waals surface area (Å²) < 4.78 is 17.7. The lowest BCUT2D eigenvalue weighted by atomic mass is 9.72. The molecule has 0 saturated heterocycles. The zero-order valence-electron chi connectivity index (χ0n) is 19.3. The molecule has 0 amide bonds. The van der Waals surface area contributed by atoms with Gasteiger partial charge in [0, 0.05) is 18.0 Å². The molecule has 5 nitrogen and oxygen atoms in total. The van der Waals surface area contributed by atoms with Crippen LogP contribution in [0.5, 0.6) is 0 Å². The molecule has 0 bridgehead atoms. The van der Waals surface area contributed by atoms with Crippen molar-refractivity contribution >= 4 is 21.9 Å². The highest BCUT2D eigenvalue weighted by atomic mass is 32.2. The van der Waals surface area contributed by atoms with Crippen LogP contribution in [0.4, 0.5) is 0 Å². The predicted molar refractivity (Wildman–Crippen MR) is 127 cm³/mol. The van der Waals surface area contributed by atoms with Crippen LogP contribution in [0.1, 0.15) is 108 Å². The molecule has 1 aromatic heterocycles. The predicted octanol–water partition coefficient (Wildman–Crippen LogP) is 4.99. The molecule has 31 heavy (non-hydrogen) atoms. The number of aromatic nitrogens is 2.